The third-order valence-corrected chi connectivity index (χ3v) is 6.14. The summed E-state index contributed by atoms with van der Waals surface area (Å²) in [6.45, 7) is 2.63. The molecule has 1 aliphatic carbocycles. The van der Waals surface area contributed by atoms with Gasteiger partial charge in [0.2, 0.25) is 11.8 Å². The predicted molar refractivity (Wildman–Crippen MR) is 115 cm³/mol. The molecule has 0 bridgehead atoms. The molecule has 32 heavy (non-hydrogen) atoms. The first-order chi connectivity index (χ1) is 15.4. The van der Waals surface area contributed by atoms with Gasteiger partial charge in [0.05, 0.1) is 34.6 Å². The number of imide groups is 1. The van der Waals surface area contributed by atoms with Crippen LogP contribution in [0.2, 0.25) is 0 Å². The lowest BCUT2D eigenvalue weighted by Gasteiger charge is -2.19. The molecule has 4 rings (SSSR count). The molecule has 3 amide bonds. The first kappa shape index (κ1) is 21.7. The molecule has 9 heteroatoms. The van der Waals surface area contributed by atoms with Crippen LogP contribution >= 0.6 is 0 Å². The van der Waals surface area contributed by atoms with Crippen LogP contribution in [0.4, 0.5) is 5.69 Å². The Bertz CT molecular complexity index is 1040. The molecule has 0 radical (unpaired) electrons. The Hall–Kier alpha value is -3.49. The molecule has 1 aromatic heterocycles. The Morgan fingerprint density at radius 1 is 1.06 bits per heavy atom. The predicted octanol–water partition coefficient (Wildman–Crippen LogP) is 2.15. The van der Waals surface area contributed by atoms with Gasteiger partial charge in [0.15, 0.2) is 6.61 Å². The topological polar surface area (TPSA) is 111 Å². The van der Waals surface area contributed by atoms with Crippen molar-refractivity contribution in [1.29, 1.82) is 0 Å². The van der Waals surface area contributed by atoms with Crippen LogP contribution in [-0.4, -0.2) is 51.5 Å². The van der Waals surface area contributed by atoms with Gasteiger partial charge in [-0.15, -0.1) is 0 Å². The van der Waals surface area contributed by atoms with Gasteiger partial charge in [-0.05, 0) is 38.8 Å². The van der Waals surface area contributed by atoms with E-state index in [1.165, 1.54) is 0 Å². The van der Waals surface area contributed by atoms with Crippen molar-refractivity contribution in [2.45, 2.75) is 39.5 Å². The Balaban J connectivity index is 1.33. The van der Waals surface area contributed by atoms with E-state index >= 15 is 0 Å². The summed E-state index contributed by atoms with van der Waals surface area (Å²) in [5.41, 5.74) is 2.77. The van der Waals surface area contributed by atoms with Crippen LogP contribution in [0, 0.1) is 25.7 Å². The molecule has 2 atom stereocenters. The van der Waals surface area contributed by atoms with Gasteiger partial charge in [0.25, 0.3) is 5.91 Å². The average Bonchev–Trinajstić information content (AvgIpc) is 3.21. The van der Waals surface area contributed by atoms with Crippen molar-refractivity contribution >= 4 is 29.4 Å². The number of anilines is 1. The fraction of sp³-hybridized carbons (Fsp3) is 0.435. The minimum Gasteiger partial charge on any atom is -0.454 e. The number of ether oxygens (including phenoxy) is 1. The monoisotopic (exact) mass is 438 g/mol. The molecule has 1 aromatic carbocycles. The third-order valence-electron chi connectivity index (χ3n) is 6.14. The zero-order valence-electron chi connectivity index (χ0n) is 18.2. The van der Waals surface area contributed by atoms with Crippen LogP contribution in [0.15, 0.2) is 30.3 Å². The number of nitrogens with one attached hydrogen (secondary N) is 1. The first-order valence-electron chi connectivity index (χ1n) is 10.8. The molecule has 2 fully saturated rings. The van der Waals surface area contributed by atoms with Crippen LogP contribution in [0.3, 0.4) is 0 Å². The molecular formula is C23H26N4O5. The Kier molecular flexibility index (Phi) is 6.07. The van der Waals surface area contributed by atoms with Gasteiger partial charge in [-0.25, -0.2) is 4.68 Å². The third kappa shape index (κ3) is 4.15. The van der Waals surface area contributed by atoms with Crippen molar-refractivity contribution < 1.29 is 23.9 Å². The van der Waals surface area contributed by atoms with Crippen molar-refractivity contribution in [3.8, 4) is 5.69 Å². The van der Waals surface area contributed by atoms with Crippen molar-refractivity contribution in [1.82, 2.24) is 14.7 Å². The van der Waals surface area contributed by atoms with E-state index < -0.39 is 25.0 Å². The summed E-state index contributed by atoms with van der Waals surface area (Å²) in [5, 5.41) is 7.19. The van der Waals surface area contributed by atoms with Crippen molar-refractivity contribution in [3.63, 3.8) is 0 Å². The van der Waals surface area contributed by atoms with Crippen molar-refractivity contribution in [3.05, 3.63) is 41.7 Å². The number of hydrogen-bond donors (Lipinski definition) is 1. The number of benzene rings is 1. The minimum absolute atomic E-state index is 0.305. The highest BCUT2D eigenvalue weighted by molar-refractivity contribution is 6.07. The smallest absolute Gasteiger partial charge is 0.326 e. The normalized spacial score (nSPS) is 20.2. The molecule has 2 aromatic rings. The highest BCUT2D eigenvalue weighted by Gasteiger charge is 2.48. The quantitative estimate of drug-likeness (QED) is 0.547. The van der Waals surface area contributed by atoms with Gasteiger partial charge < -0.3 is 10.1 Å². The summed E-state index contributed by atoms with van der Waals surface area (Å²) in [6, 6.07) is 9.51. The Morgan fingerprint density at radius 3 is 2.31 bits per heavy atom. The van der Waals surface area contributed by atoms with E-state index in [0.717, 1.165) is 29.1 Å². The number of carbonyl (C=O) groups is 4. The number of rotatable bonds is 6. The molecule has 1 saturated heterocycles. The number of para-hydroxylation sites is 1. The van der Waals surface area contributed by atoms with E-state index in [9.17, 15) is 19.2 Å². The molecule has 1 N–H and O–H groups in total. The SMILES string of the molecule is Cc1nn(-c2ccccc2)c(C)c1NC(=O)COC(=O)CN1C(=O)C2CCCCC2C1=O. The highest BCUT2D eigenvalue weighted by atomic mass is 16.5. The van der Waals surface area contributed by atoms with E-state index in [4.69, 9.17) is 4.74 Å². The summed E-state index contributed by atoms with van der Waals surface area (Å²) < 4.78 is 6.76. The molecule has 2 unspecified atom stereocenters. The number of nitrogens with zero attached hydrogens (tertiary/aromatic N) is 3. The van der Waals surface area contributed by atoms with E-state index in [1.807, 2.05) is 37.3 Å². The summed E-state index contributed by atoms with van der Waals surface area (Å²) in [4.78, 5) is 50.5. The van der Waals surface area contributed by atoms with Gasteiger partial charge in [-0.1, -0.05) is 31.0 Å². The molecule has 1 saturated carbocycles. The molecule has 1 aliphatic heterocycles. The summed E-state index contributed by atoms with van der Waals surface area (Å²) in [7, 11) is 0. The fourth-order valence-electron chi connectivity index (χ4n) is 4.53. The van der Waals surface area contributed by atoms with E-state index in [0.29, 0.717) is 24.2 Å². The fourth-order valence-corrected chi connectivity index (χ4v) is 4.53. The lowest BCUT2D eigenvalue weighted by molar-refractivity contribution is -0.154. The summed E-state index contributed by atoms with van der Waals surface area (Å²) in [5.74, 6) is -2.56. The second-order valence-corrected chi connectivity index (χ2v) is 8.26. The van der Waals surface area contributed by atoms with Gasteiger partial charge in [0.1, 0.15) is 6.54 Å². The van der Waals surface area contributed by atoms with Crippen molar-refractivity contribution in [2.24, 2.45) is 11.8 Å². The zero-order valence-corrected chi connectivity index (χ0v) is 18.2. The second kappa shape index (κ2) is 8.94. The largest absolute Gasteiger partial charge is 0.454 e. The lowest BCUT2D eigenvalue weighted by Crippen LogP contribution is -2.37. The molecule has 2 aliphatic rings. The number of aromatic nitrogens is 2. The maximum atomic E-state index is 12.5. The molecule has 168 valence electrons. The van der Waals surface area contributed by atoms with Crippen LogP contribution in [0.1, 0.15) is 37.1 Å². The van der Waals surface area contributed by atoms with Gasteiger partial charge in [-0.2, -0.15) is 5.10 Å². The van der Waals surface area contributed by atoms with Crippen LogP contribution < -0.4 is 5.32 Å². The number of hydrogen-bond acceptors (Lipinski definition) is 6. The average molecular weight is 438 g/mol. The standard InChI is InChI=1S/C23H26N4O5/c1-14-21(15(2)27(25-14)16-8-4-3-5-9-16)24-19(28)13-32-20(29)12-26-22(30)17-10-6-7-11-18(17)23(26)31/h3-5,8-9,17-18H,6-7,10-13H2,1-2H3,(H,24,28). The van der Waals surface area contributed by atoms with Gasteiger partial charge >= 0.3 is 5.97 Å². The molecule has 2 heterocycles. The maximum absolute atomic E-state index is 12.5. The number of carbonyl (C=O) groups excluding carboxylic acids is 4. The first-order valence-corrected chi connectivity index (χ1v) is 10.8. The summed E-state index contributed by atoms with van der Waals surface area (Å²) in [6.07, 6.45) is 3.19. The van der Waals surface area contributed by atoms with Gasteiger partial charge in [-0.3, -0.25) is 24.1 Å². The molecular weight excluding hydrogens is 412 g/mol. The second-order valence-electron chi connectivity index (χ2n) is 8.26. The minimum atomic E-state index is -0.783. The lowest BCUT2D eigenvalue weighted by atomic mass is 9.81. The highest BCUT2D eigenvalue weighted by Crippen LogP contribution is 2.37. The van der Waals surface area contributed by atoms with E-state index in [1.54, 1.807) is 11.6 Å². The molecule has 9 nitrogen and oxygen atoms in total. The number of esters is 1. The molecule has 0 spiro atoms. The number of likely N-dealkylation sites (tertiary alicyclic amines) is 1. The number of amides is 3. The Labute approximate surface area is 185 Å². The van der Waals surface area contributed by atoms with Crippen LogP contribution in [0.25, 0.3) is 5.69 Å². The van der Waals surface area contributed by atoms with Gasteiger partial charge in [0, 0.05) is 0 Å². The number of aryl methyl sites for hydroxylation is 1. The van der Waals surface area contributed by atoms with E-state index in [2.05, 4.69) is 10.4 Å². The van der Waals surface area contributed by atoms with Crippen molar-refractivity contribution in [2.75, 3.05) is 18.5 Å². The zero-order chi connectivity index (χ0) is 22.8. The number of fused-ring (bicyclic) bond motifs is 1. The Morgan fingerprint density at radius 2 is 1.69 bits per heavy atom. The van der Waals surface area contributed by atoms with Crippen LogP contribution in [0.5, 0.6) is 0 Å². The van der Waals surface area contributed by atoms with Crippen LogP contribution in [-0.2, 0) is 23.9 Å². The summed E-state index contributed by atoms with van der Waals surface area (Å²) >= 11 is 0. The van der Waals surface area contributed by atoms with E-state index in [-0.39, 0.29) is 23.7 Å². The maximum Gasteiger partial charge on any atom is 0.326 e.